The first-order chi connectivity index (χ1) is 14.1. The van der Waals surface area contributed by atoms with Gasteiger partial charge >= 0.3 is 0 Å². The van der Waals surface area contributed by atoms with Gasteiger partial charge in [0.2, 0.25) is 0 Å². The minimum Gasteiger partial charge on any atom is -0.497 e. The van der Waals surface area contributed by atoms with Gasteiger partial charge in [0.25, 0.3) is 5.91 Å². The van der Waals surface area contributed by atoms with Gasteiger partial charge in [-0.1, -0.05) is 0 Å². The number of rotatable bonds is 5. The van der Waals surface area contributed by atoms with Crippen LogP contribution in [-0.4, -0.2) is 38.7 Å². The Morgan fingerprint density at radius 1 is 1.03 bits per heavy atom. The Morgan fingerprint density at radius 2 is 1.76 bits per heavy atom. The number of amides is 1. The zero-order chi connectivity index (χ0) is 20.5. The van der Waals surface area contributed by atoms with E-state index in [4.69, 9.17) is 18.6 Å². The molecule has 6 nitrogen and oxygen atoms in total. The Labute approximate surface area is 170 Å². The van der Waals surface area contributed by atoms with E-state index in [1.807, 2.05) is 48.2 Å². The third-order valence-electron chi connectivity index (χ3n) is 5.65. The maximum absolute atomic E-state index is 13.5. The van der Waals surface area contributed by atoms with E-state index in [1.165, 1.54) is 0 Å². The molecule has 152 valence electrons. The monoisotopic (exact) mass is 395 g/mol. The van der Waals surface area contributed by atoms with Gasteiger partial charge in [-0.3, -0.25) is 4.79 Å². The average molecular weight is 395 g/mol. The van der Waals surface area contributed by atoms with Crippen LogP contribution in [0.15, 0.2) is 40.8 Å². The minimum atomic E-state index is -0.106. The molecular weight excluding hydrogens is 370 g/mol. The summed E-state index contributed by atoms with van der Waals surface area (Å²) in [6, 6.07) is 11.2. The summed E-state index contributed by atoms with van der Waals surface area (Å²) in [6.45, 7) is 2.58. The average Bonchev–Trinajstić information content (AvgIpc) is 3.37. The highest BCUT2D eigenvalue weighted by Gasteiger charge is 2.35. The van der Waals surface area contributed by atoms with Gasteiger partial charge in [-0.25, -0.2) is 0 Å². The van der Waals surface area contributed by atoms with Crippen LogP contribution in [0.1, 0.15) is 40.6 Å². The van der Waals surface area contributed by atoms with Crippen molar-refractivity contribution in [3.8, 4) is 17.2 Å². The molecule has 1 fully saturated rings. The Hall–Kier alpha value is -3.15. The fourth-order valence-corrected chi connectivity index (χ4v) is 4.09. The molecule has 0 N–H and O–H groups in total. The van der Waals surface area contributed by atoms with Crippen molar-refractivity contribution in [1.29, 1.82) is 0 Å². The summed E-state index contributed by atoms with van der Waals surface area (Å²) >= 11 is 0. The summed E-state index contributed by atoms with van der Waals surface area (Å²) in [6.07, 6.45) is 1.78. The predicted molar refractivity (Wildman–Crippen MR) is 110 cm³/mol. The molecule has 1 saturated heterocycles. The Kier molecular flexibility index (Phi) is 5.09. The van der Waals surface area contributed by atoms with Crippen molar-refractivity contribution >= 4 is 16.9 Å². The highest BCUT2D eigenvalue weighted by molar-refractivity contribution is 5.99. The van der Waals surface area contributed by atoms with Crippen LogP contribution < -0.4 is 14.2 Å². The Bertz CT molecular complexity index is 1050. The van der Waals surface area contributed by atoms with E-state index in [2.05, 4.69) is 0 Å². The molecule has 1 aliphatic heterocycles. The van der Waals surface area contributed by atoms with E-state index in [9.17, 15) is 4.79 Å². The molecule has 0 saturated carbocycles. The highest BCUT2D eigenvalue weighted by atomic mass is 16.5. The quantitative estimate of drug-likeness (QED) is 0.624. The molecule has 3 aromatic rings. The molecule has 1 amide bonds. The molecule has 2 aromatic carbocycles. The number of nitrogens with zero attached hydrogens (tertiary/aromatic N) is 1. The number of likely N-dealkylation sites (tertiary alicyclic amines) is 1. The summed E-state index contributed by atoms with van der Waals surface area (Å²) in [7, 11) is 4.90. The molecule has 0 spiro atoms. The van der Waals surface area contributed by atoms with Gasteiger partial charge in [-0.05, 0) is 56.2 Å². The molecule has 1 aliphatic rings. The largest absolute Gasteiger partial charge is 0.497 e. The van der Waals surface area contributed by atoms with Crippen molar-refractivity contribution in [2.24, 2.45) is 0 Å². The number of furan rings is 1. The fourth-order valence-electron chi connectivity index (χ4n) is 4.09. The molecule has 2 heterocycles. The van der Waals surface area contributed by atoms with Crippen LogP contribution in [0.3, 0.4) is 0 Å². The molecular formula is C23H25NO5. The lowest BCUT2D eigenvalue weighted by atomic mass is 10.0. The first-order valence-corrected chi connectivity index (χ1v) is 9.67. The lowest BCUT2D eigenvalue weighted by molar-refractivity contribution is 0.0703. The number of hydrogen-bond acceptors (Lipinski definition) is 5. The van der Waals surface area contributed by atoms with Crippen molar-refractivity contribution in [2.75, 3.05) is 27.9 Å². The van der Waals surface area contributed by atoms with Crippen molar-refractivity contribution in [3.05, 3.63) is 53.3 Å². The van der Waals surface area contributed by atoms with Crippen LogP contribution in [0.25, 0.3) is 11.0 Å². The SMILES string of the molecule is COc1ccc(OC)c([C@H]2CCCN2C(=O)c2oc3ccc(OC)cc3c2C)c1. The van der Waals surface area contributed by atoms with Crippen LogP contribution in [0, 0.1) is 6.92 Å². The fraction of sp³-hybridized carbons (Fsp3) is 0.348. The second-order valence-electron chi connectivity index (χ2n) is 7.18. The van der Waals surface area contributed by atoms with E-state index >= 15 is 0 Å². The molecule has 4 rings (SSSR count). The molecule has 1 aromatic heterocycles. The zero-order valence-electron chi connectivity index (χ0n) is 17.2. The molecule has 0 aliphatic carbocycles. The number of ether oxygens (including phenoxy) is 3. The van der Waals surface area contributed by atoms with Gasteiger partial charge in [-0.15, -0.1) is 0 Å². The number of fused-ring (bicyclic) bond motifs is 1. The Morgan fingerprint density at radius 3 is 2.48 bits per heavy atom. The second-order valence-corrected chi connectivity index (χ2v) is 7.18. The van der Waals surface area contributed by atoms with E-state index in [-0.39, 0.29) is 11.9 Å². The van der Waals surface area contributed by atoms with Gasteiger partial charge in [0.05, 0.1) is 27.4 Å². The van der Waals surface area contributed by atoms with Crippen LogP contribution in [0.2, 0.25) is 0 Å². The maximum atomic E-state index is 13.5. The number of aryl methyl sites for hydroxylation is 1. The number of methoxy groups -OCH3 is 3. The normalized spacial score (nSPS) is 16.3. The molecule has 0 radical (unpaired) electrons. The summed E-state index contributed by atoms with van der Waals surface area (Å²) in [5.41, 5.74) is 2.46. The molecule has 0 unspecified atom stereocenters. The van der Waals surface area contributed by atoms with Crippen LogP contribution in [-0.2, 0) is 0 Å². The second kappa shape index (κ2) is 7.70. The van der Waals surface area contributed by atoms with E-state index in [1.54, 1.807) is 21.3 Å². The first kappa shape index (κ1) is 19.2. The third-order valence-corrected chi connectivity index (χ3v) is 5.65. The minimum absolute atomic E-state index is 0.0882. The van der Waals surface area contributed by atoms with Crippen molar-refractivity contribution < 1.29 is 23.4 Å². The predicted octanol–water partition coefficient (Wildman–Crippen LogP) is 4.74. The summed E-state index contributed by atoms with van der Waals surface area (Å²) in [4.78, 5) is 15.3. The standard InChI is InChI=1S/C23H25NO5/c1-14-17-12-15(26-2)8-10-21(17)29-22(14)23(25)24-11-5-6-19(24)18-13-16(27-3)7-9-20(18)28-4/h7-10,12-13,19H,5-6,11H2,1-4H3/t19-/m1/s1. The van der Waals surface area contributed by atoms with Gasteiger partial charge in [0, 0.05) is 23.1 Å². The van der Waals surface area contributed by atoms with E-state index in [0.717, 1.165) is 46.6 Å². The Balaban J connectivity index is 1.72. The van der Waals surface area contributed by atoms with Crippen LogP contribution in [0.4, 0.5) is 0 Å². The highest BCUT2D eigenvalue weighted by Crippen LogP contribution is 2.40. The van der Waals surface area contributed by atoms with Gasteiger partial charge < -0.3 is 23.5 Å². The lowest BCUT2D eigenvalue weighted by Crippen LogP contribution is -2.31. The van der Waals surface area contributed by atoms with Crippen LogP contribution >= 0.6 is 0 Å². The number of carbonyl (C=O) groups is 1. The van der Waals surface area contributed by atoms with Crippen molar-refractivity contribution in [3.63, 3.8) is 0 Å². The van der Waals surface area contributed by atoms with Gasteiger partial charge in [-0.2, -0.15) is 0 Å². The summed E-state index contributed by atoms with van der Waals surface area (Å²) in [5.74, 6) is 2.50. The van der Waals surface area contributed by atoms with Crippen molar-refractivity contribution in [1.82, 2.24) is 4.90 Å². The maximum Gasteiger partial charge on any atom is 0.290 e. The summed E-state index contributed by atoms with van der Waals surface area (Å²) < 4.78 is 22.2. The molecule has 1 atom stereocenters. The molecule has 29 heavy (non-hydrogen) atoms. The lowest BCUT2D eigenvalue weighted by Gasteiger charge is -2.26. The molecule has 6 heteroatoms. The van der Waals surface area contributed by atoms with E-state index < -0.39 is 0 Å². The third kappa shape index (κ3) is 3.28. The number of benzene rings is 2. The van der Waals surface area contributed by atoms with Crippen molar-refractivity contribution in [2.45, 2.75) is 25.8 Å². The van der Waals surface area contributed by atoms with Gasteiger partial charge in [0.1, 0.15) is 22.8 Å². The summed E-state index contributed by atoms with van der Waals surface area (Å²) in [5, 5.41) is 0.891. The van der Waals surface area contributed by atoms with Crippen LogP contribution in [0.5, 0.6) is 17.2 Å². The number of hydrogen-bond donors (Lipinski definition) is 0. The topological polar surface area (TPSA) is 61.1 Å². The number of carbonyl (C=O) groups excluding carboxylic acids is 1. The molecule has 0 bridgehead atoms. The first-order valence-electron chi connectivity index (χ1n) is 9.67. The van der Waals surface area contributed by atoms with E-state index in [0.29, 0.717) is 17.9 Å². The zero-order valence-corrected chi connectivity index (χ0v) is 17.2. The smallest absolute Gasteiger partial charge is 0.290 e. The van der Waals surface area contributed by atoms with Gasteiger partial charge in [0.15, 0.2) is 5.76 Å².